The fraction of sp³-hybridized carbons (Fsp3) is 0.471. The van der Waals surface area contributed by atoms with Crippen LogP contribution in [-0.2, 0) is 0 Å². The normalized spacial score (nSPS) is 11.0. The summed E-state index contributed by atoms with van der Waals surface area (Å²) < 4.78 is 0. The van der Waals surface area contributed by atoms with Gasteiger partial charge in [0.15, 0.2) is 0 Å². The van der Waals surface area contributed by atoms with E-state index in [0.717, 1.165) is 18.2 Å². The molecule has 0 aliphatic heterocycles. The van der Waals surface area contributed by atoms with Gasteiger partial charge in [0, 0.05) is 13.1 Å². The summed E-state index contributed by atoms with van der Waals surface area (Å²) in [7, 11) is 0. The minimum Gasteiger partial charge on any atom is -0.346 e. The summed E-state index contributed by atoms with van der Waals surface area (Å²) in [5.74, 6) is 1.03. The Morgan fingerprint density at radius 2 is 1.76 bits per heavy atom. The Hall–Kier alpha value is -1.86. The van der Waals surface area contributed by atoms with Crippen molar-refractivity contribution in [1.29, 1.82) is 0 Å². The number of nitrogens with one attached hydrogen (secondary N) is 2. The van der Waals surface area contributed by atoms with Crippen LogP contribution in [0.3, 0.4) is 0 Å². The highest BCUT2D eigenvalue weighted by Crippen LogP contribution is 2.26. The number of benzene rings is 1. The van der Waals surface area contributed by atoms with Crippen LogP contribution in [0.25, 0.3) is 0 Å². The summed E-state index contributed by atoms with van der Waals surface area (Å²) in [5, 5.41) is 15.5. The SMILES string of the molecule is CC(C)CN(CC(C)C)c1nnc(NC(=O)Nc2ccccc2Cl)s1. The van der Waals surface area contributed by atoms with Crippen molar-refractivity contribution in [3.05, 3.63) is 29.3 Å². The van der Waals surface area contributed by atoms with Gasteiger partial charge in [0.25, 0.3) is 0 Å². The molecule has 0 radical (unpaired) electrons. The van der Waals surface area contributed by atoms with Crippen LogP contribution in [0.2, 0.25) is 5.02 Å². The van der Waals surface area contributed by atoms with Crippen molar-refractivity contribution in [1.82, 2.24) is 10.2 Å². The summed E-state index contributed by atoms with van der Waals surface area (Å²) >= 11 is 7.41. The van der Waals surface area contributed by atoms with E-state index in [1.165, 1.54) is 11.3 Å². The van der Waals surface area contributed by atoms with E-state index in [1.54, 1.807) is 24.3 Å². The molecule has 0 saturated carbocycles. The maximum Gasteiger partial charge on any atom is 0.325 e. The van der Waals surface area contributed by atoms with E-state index in [9.17, 15) is 4.79 Å². The lowest BCUT2D eigenvalue weighted by Gasteiger charge is -2.25. The number of halogens is 1. The second-order valence-electron chi connectivity index (χ2n) is 6.64. The Morgan fingerprint density at radius 1 is 1.12 bits per heavy atom. The van der Waals surface area contributed by atoms with Crippen molar-refractivity contribution in [2.24, 2.45) is 11.8 Å². The third kappa shape index (κ3) is 6.17. The lowest BCUT2D eigenvalue weighted by Crippen LogP contribution is -2.31. The predicted molar refractivity (Wildman–Crippen MR) is 106 cm³/mol. The van der Waals surface area contributed by atoms with Gasteiger partial charge in [0.1, 0.15) is 0 Å². The number of anilines is 3. The molecular formula is C17H24ClN5OS. The Morgan fingerprint density at radius 3 is 2.36 bits per heavy atom. The Kier molecular flexibility index (Phi) is 7.01. The zero-order valence-electron chi connectivity index (χ0n) is 14.9. The zero-order chi connectivity index (χ0) is 18.4. The molecule has 1 heterocycles. The van der Waals surface area contributed by atoms with E-state index in [2.05, 4.69) is 53.4 Å². The molecule has 25 heavy (non-hydrogen) atoms. The highest BCUT2D eigenvalue weighted by atomic mass is 35.5. The van der Waals surface area contributed by atoms with Gasteiger partial charge in [-0.15, -0.1) is 10.2 Å². The van der Waals surface area contributed by atoms with Crippen LogP contribution in [0.1, 0.15) is 27.7 Å². The molecule has 2 amide bonds. The van der Waals surface area contributed by atoms with Crippen LogP contribution in [0, 0.1) is 11.8 Å². The molecule has 2 N–H and O–H groups in total. The molecule has 0 aliphatic carbocycles. The smallest absolute Gasteiger partial charge is 0.325 e. The lowest BCUT2D eigenvalue weighted by molar-refractivity contribution is 0.262. The van der Waals surface area contributed by atoms with Crippen molar-refractivity contribution >= 4 is 44.9 Å². The minimum absolute atomic E-state index is 0.393. The van der Waals surface area contributed by atoms with Gasteiger partial charge in [-0.1, -0.05) is 62.8 Å². The molecule has 6 nitrogen and oxygen atoms in total. The number of para-hydroxylation sites is 1. The highest BCUT2D eigenvalue weighted by molar-refractivity contribution is 7.19. The van der Waals surface area contributed by atoms with E-state index in [-0.39, 0.29) is 0 Å². The van der Waals surface area contributed by atoms with Gasteiger partial charge in [-0.2, -0.15) is 0 Å². The standard InChI is InChI=1S/C17H24ClN5OS/c1-11(2)9-23(10-12(3)4)17-22-21-16(25-17)20-15(24)19-14-8-6-5-7-13(14)18/h5-8,11-12H,9-10H2,1-4H3,(H2,19,20,21,24). The lowest BCUT2D eigenvalue weighted by atomic mass is 10.1. The van der Waals surface area contributed by atoms with Gasteiger partial charge in [-0.25, -0.2) is 4.79 Å². The van der Waals surface area contributed by atoms with Crippen molar-refractivity contribution in [2.75, 3.05) is 28.6 Å². The highest BCUT2D eigenvalue weighted by Gasteiger charge is 2.16. The molecule has 0 spiro atoms. The van der Waals surface area contributed by atoms with Crippen LogP contribution in [0.4, 0.5) is 20.7 Å². The average molecular weight is 382 g/mol. The number of nitrogens with zero attached hydrogens (tertiary/aromatic N) is 3. The van der Waals surface area contributed by atoms with Gasteiger partial charge in [-0.05, 0) is 24.0 Å². The molecule has 2 rings (SSSR count). The second-order valence-corrected chi connectivity index (χ2v) is 8.00. The Labute approximate surface area is 157 Å². The summed E-state index contributed by atoms with van der Waals surface area (Å²) in [6.45, 7) is 10.5. The molecular weight excluding hydrogens is 358 g/mol. The summed E-state index contributed by atoms with van der Waals surface area (Å²) in [6.07, 6.45) is 0. The monoisotopic (exact) mass is 381 g/mol. The molecule has 1 aromatic carbocycles. The molecule has 1 aromatic heterocycles. The molecule has 0 unspecified atom stereocenters. The number of carbonyl (C=O) groups is 1. The Balaban J connectivity index is 2.01. The first kappa shape index (κ1) is 19.5. The maximum absolute atomic E-state index is 12.1. The summed E-state index contributed by atoms with van der Waals surface area (Å²) in [6, 6.07) is 6.67. The van der Waals surface area contributed by atoms with E-state index < -0.39 is 6.03 Å². The number of hydrogen-bond acceptors (Lipinski definition) is 5. The third-order valence-electron chi connectivity index (χ3n) is 3.20. The van der Waals surface area contributed by atoms with Crippen LogP contribution in [0.5, 0.6) is 0 Å². The number of hydrogen-bond donors (Lipinski definition) is 2. The van der Waals surface area contributed by atoms with E-state index in [0.29, 0.717) is 27.7 Å². The largest absolute Gasteiger partial charge is 0.346 e. The molecule has 0 bridgehead atoms. The molecule has 8 heteroatoms. The zero-order valence-corrected chi connectivity index (χ0v) is 16.5. The van der Waals surface area contributed by atoms with Crippen LogP contribution < -0.4 is 15.5 Å². The second kappa shape index (κ2) is 9.01. The van der Waals surface area contributed by atoms with Crippen molar-refractivity contribution < 1.29 is 4.79 Å². The molecule has 2 aromatic rings. The first-order valence-corrected chi connectivity index (χ1v) is 9.45. The van der Waals surface area contributed by atoms with Gasteiger partial charge in [0.2, 0.25) is 10.3 Å². The summed E-state index contributed by atoms with van der Waals surface area (Å²) in [5.41, 5.74) is 0.549. The van der Waals surface area contributed by atoms with Crippen LogP contribution in [-0.4, -0.2) is 29.3 Å². The van der Waals surface area contributed by atoms with Gasteiger partial charge in [-0.3, -0.25) is 5.32 Å². The average Bonchev–Trinajstić information content (AvgIpc) is 2.96. The number of aromatic nitrogens is 2. The van der Waals surface area contributed by atoms with Crippen LogP contribution in [0.15, 0.2) is 24.3 Å². The number of carbonyl (C=O) groups excluding carboxylic acids is 1. The Bertz CT molecular complexity index is 694. The molecule has 136 valence electrons. The van der Waals surface area contributed by atoms with Crippen molar-refractivity contribution in [3.8, 4) is 0 Å². The van der Waals surface area contributed by atoms with E-state index >= 15 is 0 Å². The fourth-order valence-electron chi connectivity index (χ4n) is 2.32. The first-order valence-electron chi connectivity index (χ1n) is 8.26. The van der Waals surface area contributed by atoms with E-state index in [4.69, 9.17) is 11.6 Å². The van der Waals surface area contributed by atoms with Gasteiger partial charge < -0.3 is 10.2 Å². The maximum atomic E-state index is 12.1. The fourth-order valence-corrected chi connectivity index (χ4v) is 3.26. The topological polar surface area (TPSA) is 70.2 Å². The minimum atomic E-state index is -0.393. The van der Waals surface area contributed by atoms with Crippen molar-refractivity contribution in [3.63, 3.8) is 0 Å². The molecule has 0 aliphatic rings. The van der Waals surface area contributed by atoms with Crippen LogP contribution >= 0.6 is 22.9 Å². The third-order valence-corrected chi connectivity index (χ3v) is 4.43. The number of urea groups is 1. The van der Waals surface area contributed by atoms with Gasteiger partial charge >= 0.3 is 6.03 Å². The first-order chi connectivity index (χ1) is 11.8. The number of rotatable bonds is 7. The molecule has 0 atom stereocenters. The summed E-state index contributed by atoms with van der Waals surface area (Å²) in [4.78, 5) is 14.3. The predicted octanol–water partition coefficient (Wildman–Crippen LogP) is 4.95. The molecule has 0 saturated heterocycles. The van der Waals surface area contributed by atoms with E-state index in [1.807, 2.05) is 0 Å². The van der Waals surface area contributed by atoms with Crippen molar-refractivity contribution in [2.45, 2.75) is 27.7 Å². The van der Waals surface area contributed by atoms with Gasteiger partial charge in [0.05, 0.1) is 10.7 Å². The number of amides is 2. The quantitative estimate of drug-likeness (QED) is 0.711. The molecule has 0 fully saturated rings.